The molecule has 0 saturated carbocycles. The van der Waals surface area contributed by atoms with Gasteiger partial charge in [-0.25, -0.2) is 22.6 Å². The number of amides is 1. The van der Waals surface area contributed by atoms with Crippen LogP contribution in [0.3, 0.4) is 0 Å². The zero-order valence-corrected chi connectivity index (χ0v) is 20.4. The molecule has 0 fully saturated rings. The molecular weight excluding hydrogens is 452 g/mol. The number of rotatable bonds is 10. The van der Waals surface area contributed by atoms with Gasteiger partial charge in [-0.15, -0.1) is 0 Å². The predicted molar refractivity (Wildman–Crippen MR) is 121 cm³/mol. The minimum Gasteiger partial charge on any atom is -0.476 e. The number of carbonyl (C=O) groups is 2. The lowest BCUT2D eigenvalue weighted by Crippen LogP contribution is -2.27. The van der Waals surface area contributed by atoms with E-state index in [1.807, 2.05) is 20.8 Å². The van der Waals surface area contributed by atoms with Gasteiger partial charge in [0.05, 0.1) is 6.61 Å². The molecule has 0 radical (unpaired) electrons. The summed E-state index contributed by atoms with van der Waals surface area (Å²) in [5.41, 5.74) is 0.0592. The molecule has 0 bridgehead atoms. The highest BCUT2D eigenvalue weighted by Gasteiger charge is 2.25. The second-order valence-corrected chi connectivity index (χ2v) is 10.4. The summed E-state index contributed by atoms with van der Waals surface area (Å²) in [5, 5.41) is 15.9. The molecule has 2 rings (SSSR count). The molecule has 0 aliphatic rings. The number of carbonyl (C=O) groups excluding carboxylic acids is 1. The molecule has 182 valence electrons. The van der Waals surface area contributed by atoms with Crippen LogP contribution in [0.4, 0.5) is 5.69 Å². The van der Waals surface area contributed by atoms with Crippen molar-refractivity contribution < 1.29 is 32.6 Å². The number of carboxylic acids is 1. The van der Waals surface area contributed by atoms with E-state index < -0.39 is 16.0 Å². The first-order valence-electron chi connectivity index (χ1n) is 10.1. The Morgan fingerprint density at radius 1 is 1.24 bits per heavy atom. The zero-order chi connectivity index (χ0) is 25.0. The lowest BCUT2D eigenvalue weighted by Gasteiger charge is -2.18. The molecule has 0 spiro atoms. The number of carboxylic acid groups (broad SMARTS) is 1. The van der Waals surface area contributed by atoms with Crippen LogP contribution in [0.15, 0.2) is 23.1 Å². The van der Waals surface area contributed by atoms with E-state index in [0.717, 1.165) is 0 Å². The number of anilines is 1. The Hall–Kier alpha value is -2.96. The van der Waals surface area contributed by atoms with E-state index in [1.165, 1.54) is 44.0 Å². The normalized spacial score (nSPS) is 11.9. The third-order valence-electron chi connectivity index (χ3n) is 4.44. The summed E-state index contributed by atoms with van der Waals surface area (Å²) in [6.45, 7) is 7.44. The van der Waals surface area contributed by atoms with Crippen LogP contribution < -0.4 is 14.8 Å². The van der Waals surface area contributed by atoms with Gasteiger partial charge in [-0.05, 0) is 30.5 Å². The Morgan fingerprint density at radius 3 is 2.45 bits per heavy atom. The second kappa shape index (κ2) is 10.3. The molecule has 1 aromatic heterocycles. The SMILES string of the molecule is COCCNS(=O)(=O)c1cc(NC(=O)CC(C)(C)C)ccc1Oc1c(C)c(C(=O)O)nn1C. The molecule has 1 amide bonds. The van der Waals surface area contributed by atoms with Gasteiger partial charge in [0.25, 0.3) is 0 Å². The first kappa shape index (κ1) is 26.3. The van der Waals surface area contributed by atoms with Crippen molar-refractivity contribution >= 4 is 27.6 Å². The maximum Gasteiger partial charge on any atom is 0.356 e. The smallest absolute Gasteiger partial charge is 0.356 e. The Labute approximate surface area is 193 Å². The number of ether oxygens (including phenoxy) is 2. The summed E-state index contributed by atoms with van der Waals surface area (Å²) in [6.07, 6.45) is 0.242. The third kappa shape index (κ3) is 7.01. The molecule has 0 unspecified atom stereocenters. The number of nitrogens with zero attached hydrogens (tertiary/aromatic N) is 2. The van der Waals surface area contributed by atoms with Crippen LogP contribution in [0.5, 0.6) is 11.6 Å². The van der Waals surface area contributed by atoms with Crippen molar-refractivity contribution in [1.82, 2.24) is 14.5 Å². The van der Waals surface area contributed by atoms with Crippen LogP contribution in [0, 0.1) is 12.3 Å². The minimum atomic E-state index is -4.06. The number of sulfonamides is 1. The van der Waals surface area contributed by atoms with Crippen molar-refractivity contribution in [2.45, 2.75) is 39.0 Å². The fourth-order valence-electron chi connectivity index (χ4n) is 2.99. The Bertz CT molecular complexity index is 1130. The standard InChI is InChI=1S/C21H30N4O7S/c1-13-18(20(27)28)24-25(5)19(13)32-15-8-7-14(23-17(26)12-21(2,3)4)11-16(15)33(29,30)22-9-10-31-6/h7-8,11,22H,9-10,12H2,1-6H3,(H,23,26)(H,27,28). The van der Waals surface area contributed by atoms with Gasteiger partial charge in [0.15, 0.2) is 5.69 Å². The minimum absolute atomic E-state index is 0.0206. The van der Waals surface area contributed by atoms with Gasteiger partial charge in [0.2, 0.25) is 21.8 Å². The first-order chi connectivity index (χ1) is 15.2. The van der Waals surface area contributed by atoms with Gasteiger partial charge < -0.3 is 19.9 Å². The molecule has 3 N–H and O–H groups in total. The first-order valence-corrected chi connectivity index (χ1v) is 11.6. The Balaban J connectivity index is 2.47. The van der Waals surface area contributed by atoms with E-state index in [1.54, 1.807) is 0 Å². The second-order valence-electron chi connectivity index (χ2n) is 8.65. The largest absolute Gasteiger partial charge is 0.476 e. The number of aromatic carboxylic acids is 1. The topological polar surface area (TPSA) is 149 Å². The number of hydrogen-bond donors (Lipinski definition) is 3. The highest BCUT2D eigenvalue weighted by Crippen LogP contribution is 2.33. The number of aromatic nitrogens is 2. The number of benzene rings is 1. The monoisotopic (exact) mass is 482 g/mol. The zero-order valence-electron chi connectivity index (χ0n) is 19.6. The molecule has 0 saturated heterocycles. The summed E-state index contributed by atoms with van der Waals surface area (Å²) < 4.78 is 40.3. The number of methoxy groups -OCH3 is 1. The summed E-state index contributed by atoms with van der Waals surface area (Å²) in [6, 6.07) is 4.19. The van der Waals surface area contributed by atoms with Crippen LogP contribution in [0.1, 0.15) is 43.2 Å². The molecule has 1 heterocycles. The van der Waals surface area contributed by atoms with Crippen LogP contribution in [0.2, 0.25) is 0 Å². The van der Waals surface area contributed by atoms with Gasteiger partial charge in [0.1, 0.15) is 10.6 Å². The van der Waals surface area contributed by atoms with E-state index in [0.29, 0.717) is 0 Å². The molecule has 0 aliphatic carbocycles. The van der Waals surface area contributed by atoms with Crippen LogP contribution >= 0.6 is 0 Å². The van der Waals surface area contributed by atoms with Gasteiger partial charge >= 0.3 is 5.97 Å². The average molecular weight is 483 g/mol. The van der Waals surface area contributed by atoms with E-state index in [4.69, 9.17) is 9.47 Å². The lowest BCUT2D eigenvalue weighted by molar-refractivity contribution is -0.117. The highest BCUT2D eigenvalue weighted by molar-refractivity contribution is 7.89. The van der Waals surface area contributed by atoms with Crippen LogP contribution in [0.25, 0.3) is 0 Å². The summed E-state index contributed by atoms with van der Waals surface area (Å²) >= 11 is 0. The number of nitrogens with one attached hydrogen (secondary N) is 2. The highest BCUT2D eigenvalue weighted by atomic mass is 32.2. The van der Waals surface area contributed by atoms with Crippen molar-refractivity contribution in [3.8, 4) is 11.6 Å². The lowest BCUT2D eigenvalue weighted by atomic mass is 9.92. The average Bonchev–Trinajstić information content (AvgIpc) is 2.96. The van der Waals surface area contributed by atoms with Gasteiger partial charge in [-0.3, -0.25) is 4.79 Å². The van der Waals surface area contributed by atoms with Crippen molar-refractivity contribution in [2.24, 2.45) is 12.5 Å². The fraction of sp³-hybridized carbons (Fsp3) is 0.476. The predicted octanol–water partition coefficient (Wildman–Crippen LogP) is 2.52. The van der Waals surface area contributed by atoms with E-state index in [-0.39, 0.29) is 64.4 Å². The number of hydrogen-bond acceptors (Lipinski definition) is 7. The molecule has 2 aromatic rings. The Morgan fingerprint density at radius 2 is 1.91 bits per heavy atom. The summed E-state index contributed by atoms with van der Waals surface area (Å²) in [7, 11) is -1.13. The molecule has 0 aliphatic heterocycles. The quantitative estimate of drug-likeness (QED) is 0.437. The van der Waals surface area contributed by atoms with Crippen molar-refractivity contribution in [3.05, 3.63) is 29.5 Å². The van der Waals surface area contributed by atoms with Crippen LogP contribution in [-0.2, 0) is 26.6 Å². The van der Waals surface area contributed by atoms with Gasteiger partial charge in [0, 0.05) is 38.4 Å². The molecular formula is C21H30N4O7S. The van der Waals surface area contributed by atoms with Crippen molar-refractivity contribution in [3.63, 3.8) is 0 Å². The van der Waals surface area contributed by atoms with Crippen LogP contribution in [-0.4, -0.2) is 55.4 Å². The molecule has 33 heavy (non-hydrogen) atoms. The maximum absolute atomic E-state index is 13.0. The molecule has 1 aromatic carbocycles. The van der Waals surface area contributed by atoms with Gasteiger partial charge in [-0.1, -0.05) is 20.8 Å². The summed E-state index contributed by atoms with van der Waals surface area (Å²) in [5.74, 6) is -1.48. The third-order valence-corrected chi connectivity index (χ3v) is 5.92. The molecule has 11 nitrogen and oxygen atoms in total. The van der Waals surface area contributed by atoms with Crippen molar-refractivity contribution in [1.29, 1.82) is 0 Å². The molecule has 12 heteroatoms. The van der Waals surface area contributed by atoms with E-state index >= 15 is 0 Å². The van der Waals surface area contributed by atoms with E-state index in [2.05, 4.69) is 15.1 Å². The van der Waals surface area contributed by atoms with E-state index in [9.17, 15) is 23.1 Å². The van der Waals surface area contributed by atoms with Crippen molar-refractivity contribution in [2.75, 3.05) is 25.6 Å². The van der Waals surface area contributed by atoms with Gasteiger partial charge in [-0.2, -0.15) is 5.10 Å². The summed E-state index contributed by atoms with van der Waals surface area (Å²) in [4.78, 5) is 23.5. The maximum atomic E-state index is 13.0. The molecule has 0 atom stereocenters. The fourth-order valence-corrected chi connectivity index (χ4v) is 4.15. The Kier molecular flexibility index (Phi) is 8.22. The number of aryl methyl sites for hydroxylation is 1.